The average Bonchev–Trinajstić information content (AvgIpc) is 3.86. The predicted molar refractivity (Wildman–Crippen MR) is 175 cm³/mol. The molecule has 6 aliphatic rings. The van der Waals surface area contributed by atoms with Crippen LogP contribution in [0.25, 0.3) is 0 Å². The van der Waals surface area contributed by atoms with Gasteiger partial charge in [0, 0.05) is 17.1 Å². The molecule has 4 saturated carbocycles. The zero-order valence-corrected chi connectivity index (χ0v) is 27.2. The van der Waals surface area contributed by atoms with Gasteiger partial charge in [-0.1, -0.05) is 30.5 Å². The van der Waals surface area contributed by atoms with Crippen molar-refractivity contribution in [2.75, 3.05) is 33.3 Å². The second-order valence-electron chi connectivity index (χ2n) is 15.0. The summed E-state index contributed by atoms with van der Waals surface area (Å²) in [5, 5.41) is 0.825. The van der Waals surface area contributed by atoms with Gasteiger partial charge in [-0.15, -0.1) is 0 Å². The molecule has 6 fully saturated rings. The maximum atomic E-state index is 13.5. The number of nitrogens with zero attached hydrogens (tertiary/aromatic N) is 2. The van der Waals surface area contributed by atoms with Crippen molar-refractivity contribution in [3.8, 4) is 5.75 Å². The van der Waals surface area contributed by atoms with Gasteiger partial charge >= 0.3 is 0 Å². The minimum Gasteiger partial charge on any atom is -0.496 e. The number of fused-ring (bicyclic) bond motifs is 4. The molecule has 234 valence electrons. The van der Waals surface area contributed by atoms with Crippen molar-refractivity contribution in [1.82, 2.24) is 9.80 Å². The molecule has 2 aliphatic heterocycles. The number of ether oxygens (including phenoxy) is 1. The van der Waals surface area contributed by atoms with E-state index in [4.69, 9.17) is 16.3 Å². The van der Waals surface area contributed by atoms with Crippen molar-refractivity contribution in [3.63, 3.8) is 0 Å². The predicted octanol–water partition coefficient (Wildman–Crippen LogP) is 9.22. The van der Waals surface area contributed by atoms with E-state index in [1.807, 2.05) is 18.2 Å². The molecule has 0 aromatic heterocycles. The number of hydrogen-bond donors (Lipinski definition) is 0. The van der Waals surface area contributed by atoms with E-state index < -0.39 is 0 Å². The second-order valence-corrected chi connectivity index (χ2v) is 15.4. The standard InChI is InChI=1S/C19H26ClNO.C19H26FN/c1-22-19-5-4-16(20)12-17(19)14-6-8-21(9-7-14)18-11-13-2-3-15(18)10-13;1-13-2-5-17(20)12-18(13)15-6-8-21(9-7-15)19-11-14-3-4-16(19)10-14/h4-5,12-15,18H,2-3,6-11H2,1H3;2,5,12,14-16,19H,3-4,6-11H2,1H3/t;14-,16-,19-/m.0/s1. The van der Waals surface area contributed by atoms with Crippen molar-refractivity contribution in [3.05, 3.63) is 63.9 Å². The third-order valence-electron chi connectivity index (χ3n) is 12.7. The molecule has 0 amide bonds. The van der Waals surface area contributed by atoms with Crippen LogP contribution in [0.4, 0.5) is 4.39 Å². The zero-order chi connectivity index (χ0) is 29.5. The van der Waals surface area contributed by atoms with Crippen LogP contribution in [0.5, 0.6) is 5.75 Å². The molecule has 4 bridgehead atoms. The van der Waals surface area contributed by atoms with Gasteiger partial charge < -0.3 is 14.5 Å². The topological polar surface area (TPSA) is 15.7 Å². The summed E-state index contributed by atoms with van der Waals surface area (Å²) < 4.78 is 19.1. The SMILES string of the molecule is COc1ccc(Cl)cc1C1CCN(C2CC3CCC2C3)CC1.Cc1ccc(F)cc1C1CCN([C@H]2C[C@H]3CC[C@H]2C3)CC1. The molecular formula is C38H52ClFN2O. The summed E-state index contributed by atoms with van der Waals surface area (Å²) in [6, 6.07) is 13.1. The molecule has 8 rings (SSSR count). The van der Waals surface area contributed by atoms with Crippen molar-refractivity contribution in [1.29, 1.82) is 0 Å². The lowest BCUT2D eigenvalue weighted by Gasteiger charge is -2.40. The molecule has 0 spiro atoms. The zero-order valence-electron chi connectivity index (χ0n) is 26.5. The van der Waals surface area contributed by atoms with E-state index in [9.17, 15) is 4.39 Å². The highest BCUT2D eigenvalue weighted by Gasteiger charge is 2.44. The lowest BCUT2D eigenvalue weighted by molar-refractivity contribution is 0.110. The Hall–Kier alpha value is -1.62. The van der Waals surface area contributed by atoms with Crippen LogP contribution in [0, 0.1) is 36.4 Å². The molecule has 3 unspecified atom stereocenters. The number of rotatable bonds is 5. The Morgan fingerprint density at radius 2 is 1.23 bits per heavy atom. The van der Waals surface area contributed by atoms with E-state index >= 15 is 0 Å². The molecular weight excluding hydrogens is 555 g/mol. The highest BCUT2D eigenvalue weighted by atomic mass is 35.5. The summed E-state index contributed by atoms with van der Waals surface area (Å²) in [5.74, 6) is 6.15. The number of hydrogen-bond acceptors (Lipinski definition) is 3. The first kappa shape index (κ1) is 30.1. The summed E-state index contributed by atoms with van der Waals surface area (Å²) in [5.41, 5.74) is 3.82. The van der Waals surface area contributed by atoms with E-state index in [0.29, 0.717) is 11.8 Å². The van der Waals surface area contributed by atoms with Crippen LogP contribution >= 0.6 is 11.6 Å². The number of halogens is 2. The summed E-state index contributed by atoms with van der Waals surface area (Å²) in [7, 11) is 1.76. The molecule has 4 aliphatic carbocycles. The van der Waals surface area contributed by atoms with Crippen LogP contribution < -0.4 is 4.74 Å². The third-order valence-corrected chi connectivity index (χ3v) is 12.9. The molecule has 2 aromatic rings. The van der Waals surface area contributed by atoms with E-state index in [1.165, 1.54) is 120 Å². The molecule has 2 aromatic carbocycles. The molecule has 3 nitrogen and oxygen atoms in total. The van der Waals surface area contributed by atoms with Crippen LogP contribution in [0.2, 0.25) is 5.02 Å². The van der Waals surface area contributed by atoms with Crippen molar-refractivity contribution in [2.24, 2.45) is 23.7 Å². The Morgan fingerprint density at radius 1 is 0.674 bits per heavy atom. The Bertz CT molecular complexity index is 1250. The number of methoxy groups -OCH3 is 1. The van der Waals surface area contributed by atoms with Gasteiger partial charge in [0.25, 0.3) is 0 Å². The lowest BCUT2D eigenvalue weighted by atomic mass is 9.85. The number of likely N-dealkylation sites (tertiary alicyclic amines) is 2. The third kappa shape index (κ3) is 6.40. The van der Waals surface area contributed by atoms with Crippen molar-refractivity contribution < 1.29 is 9.13 Å². The van der Waals surface area contributed by atoms with Gasteiger partial charge in [-0.2, -0.15) is 0 Å². The summed E-state index contributed by atoms with van der Waals surface area (Å²) in [6.45, 7) is 7.04. The highest BCUT2D eigenvalue weighted by Crippen LogP contribution is 2.49. The van der Waals surface area contributed by atoms with Gasteiger partial charge in [0.2, 0.25) is 0 Å². The van der Waals surface area contributed by atoms with E-state index in [2.05, 4.69) is 22.8 Å². The smallest absolute Gasteiger partial charge is 0.123 e. The normalized spacial score (nSPS) is 33.1. The van der Waals surface area contributed by atoms with Crippen LogP contribution in [0.15, 0.2) is 36.4 Å². The Balaban J connectivity index is 0.000000140. The molecule has 0 radical (unpaired) electrons. The first-order valence-electron chi connectivity index (χ1n) is 17.5. The van der Waals surface area contributed by atoms with Crippen molar-refractivity contribution >= 4 is 11.6 Å². The fourth-order valence-corrected chi connectivity index (χ4v) is 10.7. The number of benzene rings is 2. The van der Waals surface area contributed by atoms with E-state index in [1.54, 1.807) is 19.2 Å². The minimum atomic E-state index is -0.0777. The largest absolute Gasteiger partial charge is 0.496 e. The minimum absolute atomic E-state index is 0.0777. The van der Waals surface area contributed by atoms with E-state index in [0.717, 1.165) is 46.5 Å². The molecule has 5 heteroatoms. The fourth-order valence-electron chi connectivity index (χ4n) is 10.5. The van der Waals surface area contributed by atoms with E-state index in [-0.39, 0.29) is 5.82 Å². The highest BCUT2D eigenvalue weighted by molar-refractivity contribution is 6.30. The van der Waals surface area contributed by atoms with Gasteiger partial charge in [-0.25, -0.2) is 4.39 Å². The van der Waals surface area contributed by atoms with Crippen LogP contribution in [-0.2, 0) is 0 Å². The first-order valence-corrected chi connectivity index (χ1v) is 17.9. The van der Waals surface area contributed by atoms with Crippen LogP contribution in [0.3, 0.4) is 0 Å². The van der Waals surface area contributed by atoms with Crippen molar-refractivity contribution in [2.45, 2.75) is 108 Å². The summed E-state index contributed by atoms with van der Waals surface area (Å²) in [6.07, 6.45) is 16.8. The second kappa shape index (κ2) is 13.0. The molecule has 6 atom stereocenters. The van der Waals surface area contributed by atoms with Crippen LogP contribution in [-0.4, -0.2) is 55.2 Å². The molecule has 0 N–H and O–H groups in total. The van der Waals surface area contributed by atoms with Gasteiger partial charge in [-0.05, 0) is 180 Å². The van der Waals surface area contributed by atoms with Gasteiger partial charge in [0.1, 0.15) is 11.6 Å². The Morgan fingerprint density at radius 3 is 1.72 bits per heavy atom. The molecule has 43 heavy (non-hydrogen) atoms. The van der Waals surface area contributed by atoms with Gasteiger partial charge in [0.05, 0.1) is 7.11 Å². The Kier molecular flexibility index (Phi) is 9.09. The number of piperidine rings is 2. The van der Waals surface area contributed by atoms with Gasteiger partial charge in [0.15, 0.2) is 0 Å². The molecule has 2 heterocycles. The molecule has 2 saturated heterocycles. The van der Waals surface area contributed by atoms with Gasteiger partial charge in [-0.3, -0.25) is 0 Å². The Labute approximate surface area is 264 Å². The summed E-state index contributed by atoms with van der Waals surface area (Å²) >= 11 is 6.20. The lowest BCUT2D eigenvalue weighted by Crippen LogP contribution is -2.43. The maximum Gasteiger partial charge on any atom is 0.123 e. The van der Waals surface area contributed by atoms with Crippen LogP contribution in [0.1, 0.15) is 106 Å². The monoisotopic (exact) mass is 606 g/mol. The maximum absolute atomic E-state index is 13.5. The quantitative estimate of drug-likeness (QED) is 0.337. The average molecular weight is 607 g/mol. The first-order chi connectivity index (χ1) is 20.9. The summed E-state index contributed by atoms with van der Waals surface area (Å²) in [4.78, 5) is 5.55. The number of aryl methyl sites for hydroxylation is 1. The fraction of sp³-hybridized carbons (Fsp3) is 0.684.